The lowest BCUT2D eigenvalue weighted by Crippen LogP contribution is -2.25. The molecule has 7 heteroatoms. The zero-order valence-electron chi connectivity index (χ0n) is 8.08. The van der Waals surface area contributed by atoms with Crippen LogP contribution in [0.4, 0.5) is 5.82 Å². The Kier molecular flexibility index (Phi) is 2.35. The van der Waals surface area contributed by atoms with Gasteiger partial charge in [-0.3, -0.25) is 14.5 Å². The van der Waals surface area contributed by atoms with Crippen molar-refractivity contribution in [3.8, 4) is 0 Å². The maximum atomic E-state index is 11.3. The molecule has 1 aliphatic rings. The number of amides is 1. The third kappa shape index (κ3) is 1.74. The molecule has 0 bridgehead atoms. The molecule has 0 saturated carbocycles. The fraction of sp³-hybridized carbons (Fsp3) is 0.222. The molecular formula is C9H7N3O4. The topological polar surface area (TPSA) is 100 Å². The molecule has 1 aromatic rings. The van der Waals surface area contributed by atoms with E-state index in [0.717, 1.165) is 6.20 Å². The van der Waals surface area contributed by atoms with Gasteiger partial charge in [0.2, 0.25) is 5.91 Å². The molecule has 0 radical (unpaired) electrons. The number of carboxylic acids is 1. The number of rotatable bonds is 2. The zero-order chi connectivity index (χ0) is 11.7. The summed E-state index contributed by atoms with van der Waals surface area (Å²) in [5.74, 6) is -1.53. The highest BCUT2D eigenvalue weighted by molar-refractivity contribution is 6.14. The van der Waals surface area contributed by atoms with E-state index in [1.54, 1.807) is 0 Å². The van der Waals surface area contributed by atoms with E-state index in [-0.39, 0.29) is 36.2 Å². The highest BCUT2D eigenvalue weighted by Gasteiger charge is 2.29. The first-order chi connectivity index (χ1) is 7.58. The molecule has 1 N–H and O–H groups in total. The van der Waals surface area contributed by atoms with Crippen molar-refractivity contribution in [2.24, 2.45) is 0 Å². The highest BCUT2D eigenvalue weighted by Crippen LogP contribution is 2.15. The second-order valence-electron chi connectivity index (χ2n) is 3.26. The number of nitrogens with zero attached hydrogens (tertiary/aromatic N) is 3. The SMILES string of the molecule is O=C1CC(=O)N(c2cnc(C(=O)O)cn2)C1. The summed E-state index contributed by atoms with van der Waals surface area (Å²) < 4.78 is 0. The van der Waals surface area contributed by atoms with Crippen molar-refractivity contribution in [1.82, 2.24) is 9.97 Å². The summed E-state index contributed by atoms with van der Waals surface area (Å²) in [7, 11) is 0. The van der Waals surface area contributed by atoms with Gasteiger partial charge in [0.25, 0.3) is 0 Å². The van der Waals surface area contributed by atoms with Gasteiger partial charge in [0.15, 0.2) is 17.3 Å². The van der Waals surface area contributed by atoms with E-state index in [4.69, 9.17) is 5.11 Å². The number of carbonyl (C=O) groups excluding carboxylic acids is 2. The summed E-state index contributed by atoms with van der Waals surface area (Å²) in [6.07, 6.45) is 2.08. The van der Waals surface area contributed by atoms with Crippen LogP contribution < -0.4 is 4.90 Å². The van der Waals surface area contributed by atoms with Crippen LogP contribution in [0.2, 0.25) is 0 Å². The smallest absolute Gasteiger partial charge is 0.356 e. The summed E-state index contributed by atoms with van der Waals surface area (Å²) in [5.41, 5.74) is -0.207. The molecule has 0 aliphatic carbocycles. The van der Waals surface area contributed by atoms with Gasteiger partial charge < -0.3 is 5.11 Å². The van der Waals surface area contributed by atoms with Crippen LogP contribution in [-0.4, -0.2) is 39.3 Å². The molecule has 0 aromatic carbocycles. The third-order valence-corrected chi connectivity index (χ3v) is 2.12. The van der Waals surface area contributed by atoms with Gasteiger partial charge in [-0.2, -0.15) is 0 Å². The number of Topliss-reactive ketones (excluding diaryl/α,β-unsaturated/α-hetero) is 1. The van der Waals surface area contributed by atoms with Crippen LogP contribution in [0, 0.1) is 0 Å². The van der Waals surface area contributed by atoms with Gasteiger partial charge in [-0.15, -0.1) is 0 Å². The molecule has 1 fully saturated rings. The van der Waals surface area contributed by atoms with Gasteiger partial charge in [-0.05, 0) is 0 Å². The Labute approximate surface area is 89.7 Å². The Morgan fingerprint density at radius 2 is 2.06 bits per heavy atom. The summed E-state index contributed by atoms with van der Waals surface area (Å²) in [5, 5.41) is 8.60. The van der Waals surface area contributed by atoms with Crippen LogP contribution in [0.3, 0.4) is 0 Å². The number of carboxylic acid groups (broad SMARTS) is 1. The molecule has 2 rings (SSSR count). The molecule has 0 unspecified atom stereocenters. The predicted octanol–water partition coefficient (Wildman–Crippen LogP) is -0.519. The van der Waals surface area contributed by atoms with Crippen molar-refractivity contribution >= 4 is 23.5 Å². The van der Waals surface area contributed by atoms with E-state index < -0.39 is 5.97 Å². The van der Waals surface area contributed by atoms with Gasteiger partial charge in [0.1, 0.15) is 0 Å². The van der Waals surface area contributed by atoms with Crippen LogP contribution in [0.25, 0.3) is 0 Å². The van der Waals surface area contributed by atoms with Gasteiger partial charge in [-0.1, -0.05) is 0 Å². The van der Waals surface area contributed by atoms with Crippen LogP contribution in [0.5, 0.6) is 0 Å². The van der Waals surface area contributed by atoms with Gasteiger partial charge in [-0.25, -0.2) is 14.8 Å². The fourth-order valence-corrected chi connectivity index (χ4v) is 1.36. The van der Waals surface area contributed by atoms with E-state index in [2.05, 4.69) is 9.97 Å². The Balaban J connectivity index is 2.25. The van der Waals surface area contributed by atoms with E-state index in [0.29, 0.717) is 0 Å². The van der Waals surface area contributed by atoms with Crippen molar-refractivity contribution in [3.63, 3.8) is 0 Å². The zero-order valence-corrected chi connectivity index (χ0v) is 8.08. The Morgan fingerprint density at radius 3 is 2.50 bits per heavy atom. The van der Waals surface area contributed by atoms with Crippen molar-refractivity contribution in [3.05, 3.63) is 18.1 Å². The third-order valence-electron chi connectivity index (χ3n) is 2.12. The van der Waals surface area contributed by atoms with E-state index in [1.165, 1.54) is 11.1 Å². The largest absolute Gasteiger partial charge is 0.476 e. The van der Waals surface area contributed by atoms with Crippen molar-refractivity contribution in [1.29, 1.82) is 0 Å². The number of carbonyl (C=O) groups is 3. The number of hydrogen-bond donors (Lipinski definition) is 1. The summed E-state index contributed by atoms with van der Waals surface area (Å²) in [6.45, 7) is -0.0278. The number of aromatic carboxylic acids is 1. The summed E-state index contributed by atoms with van der Waals surface area (Å²) in [6, 6.07) is 0. The molecular weight excluding hydrogens is 214 g/mol. The quantitative estimate of drug-likeness (QED) is 0.674. The minimum atomic E-state index is -1.19. The standard InChI is InChI=1S/C9H7N3O4/c13-5-1-8(14)12(4-5)7-3-10-6(2-11-7)9(15)16/h2-3H,1,4H2,(H,15,16). The molecule has 82 valence electrons. The minimum absolute atomic E-state index is 0.0278. The van der Waals surface area contributed by atoms with E-state index >= 15 is 0 Å². The summed E-state index contributed by atoms with van der Waals surface area (Å²) in [4.78, 5) is 41.4. The van der Waals surface area contributed by atoms with Gasteiger partial charge in [0.05, 0.1) is 25.4 Å². The molecule has 16 heavy (non-hydrogen) atoms. The number of anilines is 1. The van der Waals surface area contributed by atoms with Crippen molar-refractivity contribution in [2.75, 3.05) is 11.4 Å². The van der Waals surface area contributed by atoms with Crippen molar-refractivity contribution in [2.45, 2.75) is 6.42 Å². The molecule has 1 amide bonds. The molecule has 1 saturated heterocycles. The molecule has 7 nitrogen and oxygen atoms in total. The van der Waals surface area contributed by atoms with Crippen LogP contribution in [-0.2, 0) is 9.59 Å². The van der Waals surface area contributed by atoms with E-state index in [1.807, 2.05) is 0 Å². The number of ketones is 1. The van der Waals surface area contributed by atoms with Gasteiger partial charge >= 0.3 is 5.97 Å². The molecule has 0 spiro atoms. The Hall–Kier alpha value is -2.31. The second kappa shape index (κ2) is 3.69. The first-order valence-corrected chi connectivity index (χ1v) is 4.45. The highest BCUT2D eigenvalue weighted by atomic mass is 16.4. The molecule has 1 aliphatic heterocycles. The van der Waals surface area contributed by atoms with Crippen LogP contribution in [0.15, 0.2) is 12.4 Å². The van der Waals surface area contributed by atoms with Crippen LogP contribution in [0.1, 0.15) is 16.9 Å². The first kappa shape index (κ1) is 10.2. The normalized spacial score (nSPS) is 15.6. The Bertz CT molecular complexity index is 468. The van der Waals surface area contributed by atoms with E-state index in [9.17, 15) is 14.4 Å². The number of aromatic nitrogens is 2. The first-order valence-electron chi connectivity index (χ1n) is 4.45. The Morgan fingerprint density at radius 1 is 1.31 bits per heavy atom. The maximum Gasteiger partial charge on any atom is 0.356 e. The van der Waals surface area contributed by atoms with Crippen LogP contribution >= 0.6 is 0 Å². The average molecular weight is 221 g/mol. The minimum Gasteiger partial charge on any atom is -0.476 e. The lowest BCUT2D eigenvalue weighted by atomic mass is 10.3. The van der Waals surface area contributed by atoms with Crippen molar-refractivity contribution < 1.29 is 19.5 Å². The second-order valence-corrected chi connectivity index (χ2v) is 3.26. The molecule has 2 heterocycles. The fourth-order valence-electron chi connectivity index (χ4n) is 1.36. The van der Waals surface area contributed by atoms with Gasteiger partial charge in [0, 0.05) is 0 Å². The average Bonchev–Trinajstić information content (AvgIpc) is 2.58. The molecule has 1 aromatic heterocycles. The molecule has 0 atom stereocenters. The lowest BCUT2D eigenvalue weighted by molar-refractivity contribution is -0.121. The predicted molar refractivity (Wildman–Crippen MR) is 51.0 cm³/mol. The summed E-state index contributed by atoms with van der Waals surface area (Å²) >= 11 is 0. The maximum absolute atomic E-state index is 11.3. The monoisotopic (exact) mass is 221 g/mol. The number of hydrogen-bond acceptors (Lipinski definition) is 5. The lowest BCUT2D eigenvalue weighted by Gasteiger charge is -2.12.